The molecule has 5 nitrogen and oxygen atoms in total. The quantitative estimate of drug-likeness (QED) is 0.866. The van der Waals surface area contributed by atoms with Gasteiger partial charge in [0.2, 0.25) is 5.91 Å². The van der Waals surface area contributed by atoms with Crippen molar-refractivity contribution in [3.63, 3.8) is 0 Å². The molecule has 1 aliphatic rings. The van der Waals surface area contributed by atoms with Crippen LogP contribution in [0, 0.1) is 6.92 Å². The number of amides is 1. The first-order chi connectivity index (χ1) is 12.7. The van der Waals surface area contributed by atoms with Gasteiger partial charge in [-0.05, 0) is 48.9 Å². The Morgan fingerprint density at radius 3 is 2.46 bits per heavy atom. The molecule has 1 fully saturated rings. The number of carbonyl (C=O) groups excluding carboxylic acids is 1. The number of ether oxygens (including phenoxy) is 1. The lowest BCUT2D eigenvalue weighted by molar-refractivity contribution is -0.131. The lowest BCUT2D eigenvalue weighted by Crippen LogP contribution is -2.49. The van der Waals surface area contributed by atoms with Gasteiger partial charge in [0.25, 0.3) is 0 Å². The minimum Gasteiger partial charge on any atom is -0.497 e. The number of anilines is 2. The van der Waals surface area contributed by atoms with Crippen LogP contribution < -0.4 is 15.0 Å². The van der Waals surface area contributed by atoms with Crippen LogP contribution in [0.1, 0.15) is 12.0 Å². The minimum absolute atomic E-state index is 0.222. The first-order valence-corrected chi connectivity index (χ1v) is 9.13. The summed E-state index contributed by atoms with van der Waals surface area (Å²) in [5, 5.41) is 3.33. The second-order valence-electron chi connectivity index (χ2n) is 6.61. The smallest absolute Gasteiger partial charge is 0.224 e. The summed E-state index contributed by atoms with van der Waals surface area (Å²) in [4.78, 5) is 16.7. The van der Waals surface area contributed by atoms with Gasteiger partial charge in [-0.3, -0.25) is 4.79 Å². The van der Waals surface area contributed by atoms with E-state index in [1.165, 1.54) is 11.3 Å². The van der Waals surface area contributed by atoms with Gasteiger partial charge in [-0.25, -0.2) is 0 Å². The van der Waals surface area contributed by atoms with E-state index in [9.17, 15) is 4.79 Å². The Morgan fingerprint density at radius 1 is 1.08 bits per heavy atom. The van der Waals surface area contributed by atoms with Gasteiger partial charge in [0.1, 0.15) is 5.75 Å². The molecule has 1 N–H and O–H groups in total. The lowest BCUT2D eigenvalue weighted by atomic mass is 10.2. The summed E-state index contributed by atoms with van der Waals surface area (Å²) in [6.45, 7) is 6.01. The standard InChI is InChI=1S/C21H27N3O2/c1-17-4-3-5-18(16-17)22-11-10-21(25)24-14-12-23(13-15-24)19-6-8-20(26-2)9-7-19/h3-9,16,22H,10-15H2,1-2H3. The van der Waals surface area contributed by atoms with Crippen molar-refractivity contribution in [2.24, 2.45) is 0 Å². The van der Waals surface area contributed by atoms with Crippen LogP contribution in [0.3, 0.4) is 0 Å². The zero-order chi connectivity index (χ0) is 18.4. The summed E-state index contributed by atoms with van der Waals surface area (Å²) in [6, 6.07) is 16.3. The zero-order valence-corrected chi connectivity index (χ0v) is 15.6. The summed E-state index contributed by atoms with van der Waals surface area (Å²) in [5.41, 5.74) is 3.47. The fourth-order valence-corrected chi connectivity index (χ4v) is 3.23. The van der Waals surface area contributed by atoms with E-state index in [0.29, 0.717) is 13.0 Å². The molecule has 0 radical (unpaired) electrons. The lowest BCUT2D eigenvalue weighted by Gasteiger charge is -2.36. The number of hydrogen-bond donors (Lipinski definition) is 1. The third kappa shape index (κ3) is 4.69. The summed E-state index contributed by atoms with van der Waals surface area (Å²) in [7, 11) is 1.67. The Balaban J connectivity index is 1.43. The molecular weight excluding hydrogens is 326 g/mol. The van der Waals surface area contributed by atoms with Crippen LogP contribution in [0.4, 0.5) is 11.4 Å². The van der Waals surface area contributed by atoms with Gasteiger partial charge in [0.05, 0.1) is 7.11 Å². The van der Waals surface area contributed by atoms with E-state index in [1.54, 1.807) is 7.11 Å². The molecule has 0 aromatic heterocycles. The SMILES string of the molecule is COc1ccc(N2CCN(C(=O)CCNc3cccc(C)c3)CC2)cc1. The summed E-state index contributed by atoms with van der Waals surface area (Å²) in [5.74, 6) is 1.09. The Hall–Kier alpha value is -2.69. The zero-order valence-electron chi connectivity index (χ0n) is 15.6. The first-order valence-electron chi connectivity index (χ1n) is 9.13. The van der Waals surface area contributed by atoms with Crippen molar-refractivity contribution in [2.45, 2.75) is 13.3 Å². The fraction of sp³-hybridized carbons (Fsp3) is 0.381. The molecule has 2 aromatic rings. The average molecular weight is 353 g/mol. The maximum Gasteiger partial charge on any atom is 0.224 e. The number of methoxy groups -OCH3 is 1. The van der Waals surface area contributed by atoms with Gasteiger partial charge in [0.15, 0.2) is 0 Å². The highest BCUT2D eigenvalue weighted by Crippen LogP contribution is 2.20. The third-order valence-corrected chi connectivity index (χ3v) is 4.76. The van der Waals surface area contributed by atoms with Gasteiger partial charge < -0.3 is 19.9 Å². The van der Waals surface area contributed by atoms with Crippen molar-refractivity contribution in [2.75, 3.05) is 50.1 Å². The topological polar surface area (TPSA) is 44.8 Å². The number of rotatable bonds is 6. The predicted octanol–water partition coefficient (Wildman–Crippen LogP) is 3.15. The van der Waals surface area contributed by atoms with E-state index in [4.69, 9.17) is 4.74 Å². The van der Waals surface area contributed by atoms with Crippen LogP contribution >= 0.6 is 0 Å². The van der Waals surface area contributed by atoms with Gasteiger partial charge in [-0.15, -0.1) is 0 Å². The molecule has 0 unspecified atom stereocenters. The van der Waals surface area contributed by atoms with Crippen molar-refractivity contribution in [1.82, 2.24) is 4.90 Å². The van der Waals surface area contributed by atoms with Crippen LogP contribution in [0.2, 0.25) is 0 Å². The van der Waals surface area contributed by atoms with Crippen LogP contribution in [0.25, 0.3) is 0 Å². The number of benzene rings is 2. The van der Waals surface area contributed by atoms with Crippen molar-refractivity contribution in [3.05, 3.63) is 54.1 Å². The molecule has 1 saturated heterocycles. The molecule has 5 heteroatoms. The molecule has 138 valence electrons. The van der Waals surface area contributed by atoms with Crippen LogP contribution in [-0.4, -0.2) is 50.6 Å². The monoisotopic (exact) mass is 353 g/mol. The van der Waals surface area contributed by atoms with E-state index in [-0.39, 0.29) is 5.91 Å². The Kier molecular flexibility index (Phi) is 6.00. The fourth-order valence-electron chi connectivity index (χ4n) is 3.23. The van der Waals surface area contributed by atoms with Crippen LogP contribution in [0.15, 0.2) is 48.5 Å². The van der Waals surface area contributed by atoms with E-state index < -0.39 is 0 Å². The molecule has 3 rings (SSSR count). The van der Waals surface area contributed by atoms with Crippen molar-refractivity contribution >= 4 is 17.3 Å². The number of hydrogen-bond acceptors (Lipinski definition) is 4. The average Bonchev–Trinajstić information content (AvgIpc) is 2.68. The highest BCUT2D eigenvalue weighted by Gasteiger charge is 2.20. The van der Waals surface area contributed by atoms with Crippen molar-refractivity contribution < 1.29 is 9.53 Å². The number of piperazine rings is 1. The van der Waals surface area contributed by atoms with Gasteiger partial charge in [-0.2, -0.15) is 0 Å². The first kappa shape index (κ1) is 18.1. The normalized spacial score (nSPS) is 14.2. The highest BCUT2D eigenvalue weighted by atomic mass is 16.5. The predicted molar refractivity (Wildman–Crippen MR) is 106 cm³/mol. The van der Waals surface area contributed by atoms with Crippen LogP contribution in [0.5, 0.6) is 5.75 Å². The molecule has 1 aliphatic heterocycles. The maximum absolute atomic E-state index is 12.4. The minimum atomic E-state index is 0.222. The molecule has 0 saturated carbocycles. The van der Waals surface area contributed by atoms with E-state index in [1.807, 2.05) is 29.2 Å². The Bertz CT molecular complexity index is 722. The van der Waals surface area contributed by atoms with Gasteiger partial charge >= 0.3 is 0 Å². The molecule has 0 aliphatic carbocycles. The van der Waals surface area contributed by atoms with E-state index in [0.717, 1.165) is 37.6 Å². The molecule has 0 atom stereocenters. The Morgan fingerprint density at radius 2 is 1.81 bits per heavy atom. The van der Waals surface area contributed by atoms with Gasteiger partial charge in [0, 0.05) is 50.5 Å². The van der Waals surface area contributed by atoms with Crippen LogP contribution in [-0.2, 0) is 4.79 Å². The largest absolute Gasteiger partial charge is 0.497 e. The van der Waals surface area contributed by atoms with Gasteiger partial charge in [-0.1, -0.05) is 12.1 Å². The number of carbonyl (C=O) groups is 1. The molecule has 1 heterocycles. The summed E-state index contributed by atoms with van der Waals surface area (Å²) < 4.78 is 5.20. The van der Waals surface area contributed by atoms with E-state index in [2.05, 4.69) is 41.4 Å². The maximum atomic E-state index is 12.4. The Labute approximate surface area is 155 Å². The molecule has 26 heavy (non-hydrogen) atoms. The number of nitrogens with zero attached hydrogens (tertiary/aromatic N) is 2. The second-order valence-corrected chi connectivity index (χ2v) is 6.61. The number of aryl methyl sites for hydroxylation is 1. The molecular formula is C21H27N3O2. The van der Waals surface area contributed by atoms with E-state index >= 15 is 0 Å². The van der Waals surface area contributed by atoms with Crippen molar-refractivity contribution in [1.29, 1.82) is 0 Å². The molecule has 0 bridgehead atoms. The summed E-state index contributed by atoms with van der Waals surface area (Å²) in [6.07, 6.45) is 0.524. The molecule has 2 aromatic carbocycles. The molecule has 1 amide bonds. The third-order valence-electron chi connectivity index (χ3n) is 4.76. The second kappa shape index (κ2) is 8.61. The molecule has 0 spiro atoms. The highest BCUT2D eigenvalue weighted by molar-refractivity contribution is 5.77. The van der Waals surface area contributed by atoms with Crippen molar-refractivity contribution in [3.8, 4) is 5.75 Å². The number of nitrogens with one attached hydrogen (secondary N) is 1. The summed E-state index contributed by atoms with van der Waals surface area (Å²) >= 11 is 0.